The molecule has 7 heteroatoms. The number of hydrogen-bond donors (Lipinski definition) is 1. The van der Waals surface area contributed by atoms with Crippen molar-refractivity contribution >= 4 is 23.0 Å². The van der Waals surface area contributed by atoms with Gasteiger partial charge in [0.1, 0.15) is 5.60 Å². The number of carbonyl (C=O) groups is 2. The standard InChI is InChI=1S/C26H33N3O4/c1-18-21(16-19-8-7-13-27-17-19)24-20(11-14-28-25(31)33-26(2,3)4)9-6-10-22(24)29(18)15-12-23(30)32-5/h6-10,13,17H,11-12,14-16H2,1-5H3,(H,28,31). The molecule has 2 aromatic heterocycles. The van der Waals surface area contributed by atoms with Gasteiger partial charge in [0, 0.05) is 48.5 Å². The van der Waals surface area contributed by atoms with Crippen molar-refractivity contribution in [1.29, 1.82) is 0 Å². The molecule has 0 unspecified atom stereocenters. The largest absolute Gasteiger partial charge is 0.469 e. The topological polar surface area (TPSA) is 82.5 Å². The van der Waals surface area contributed by atoms with Gasteiger partial charge in [-0.1, -0.05) is 18.2 Å². The summed E-state index contributed by atoms with van der Waals surface area (Å²) in [6.45, 7) is 8.63. The summed E-state index contributed by atoms with van der Waals surface area (Å²) >= 11 is 0. The number of nitrogens with one attached hydrogen (secondary N) is 1. The average Bonchev–Trinajstić information content (AvgIpc) is 3.03. The number of esters is 1. The summed E-state index contributed by atoms with van der Waals surface area (Å²) < 4.78 is 12.4. The van der Waals surface area contributed by atoms with Gasteiger partial charge in [0.05, 0.1) is 13.5 Å². The minimum atomic E-state index is -0.533. The van der Waals surface area contributed by atoms with Crippen molar-refractivity contribution < 1.29 is 19.1 Å². The maximum atomic E-state index is 12.1. The normalized spacial score (nSPS) is 11.4. The van der Waals surface area contributed by atoms with E-state index in [1.807, 2.05) is 39.1 Å². The molecule has 3 rings (SSSR count). The summed E-state index contributed by atoms with van der Waals surface area (Å²) in [6, 6.07) is 10.2. The number of carbonyl (C=O) groups excluding carboxylic acids is 2. The minimum absolute atomic E-state index is 0.234. The van der Waals surface area contributed by atoms with Crippen LogP contribution in [-0.4, -0.2) is 40.9 Å². The Labute approximate surface area is 195 Å². The van der Waals surface area contributed by atoms with Crippen molar-refractivity contribution in [3.8, 4) is 0 Å². The van der Waals surface area contributed by atoms with Crippen LogP contribution in [0.1, 0.15) is 49.6 Å². The number of fused-ring (bicyclic) bond motifs is 1. The lowest BCUT2D eigenvalue weighted by molar-refractivity contribution is -0.140. The van der Waals surface area contributed by atoms with Gasteiger partial charge < -0.3 is 19.4 Å². The van der Waals surface area contributed by atoms with E-state index in [1.165, 1.54) is 12.7 Å². The molecule has 0 fully saturated rings. The SMILES string of the molecule is COC(=O)CCn1c(C)c(Cc2cccnc2)c2c(CCNC(=O)OC(C)(C)C)cccc21. The zero-order valence-corrected chi connectivity index (χ0v) is 20.1. The van der Waals surface area contributed by atoms with E-state index in [0.29, 0.717) is 25.9 Å². The molecule has 0 bridgehead atoms. The molecule has 3 aromatic rings. The molecule has 0 aliphatic heterocycles. The molecule has 0 aliphatic carbocycles. The van der Waals surface area contributed by atoms with Crippen LogP contribution in [0.15, 0.2) is 42.7 Å². The van der Waals surface area contributed by atoms with Gasteiger partial charge in [-0.25, -0.2) is 4.79 Å². The van der Waals surface area contributed by atoms with Crippen molar-refractivity contribution in [2.45, 2.75) is 59.1 Å². The fourth-order valence-electron chi connectivity index (χ4n) is 4.02. The van der Waals surface area contributed by atoms with Crippen LogP contribution in [0.25, 0.3) is 10.9 Å². The molecule has 0 atom stereocenters. The number of hydrogen-bond acceptors (Lipinski definition) is 5. The molecule has 0 aliphatic rings. The fourth-order valence-corrected chi connectivity index (χ4v) is 4.02. The highest BCUT2D eigenvalue weighted by molar-refractivity contribution is 5.89. The van der Waals surface area contributed by atoms with E-state index in [0.717, 1.165) is 34.1 Å². The van der Waals surface area contributed by atoms with Crippen LogP contribution in [0, 0.1) is 6.92 Å². The van der Waals surface area contributed by atoms with Crippen molar-refractivity contribution in [2.24, 2.45) is 0 Å². The highest BCUT2D eigenvalue weighted by atomic mass is 16.6. The first-order valence-corrected chi connectivity index (χ1v) is 11.2. The summed E-state index contributed by atoms with van der Waals surface area (Å²) in [7, 11) is 1.41. The Morgan fingerprint density at radius 3 is 2.61 bits per heavy atom. The summed E-state index contributed by atoms with van der Waals surface area (Å²) in [4.78, 5) is 28.1. The predicted molar refractivity (Wildman–Crippen MR) is 128 cm³/mol. The molecule has 33 heavy (non-hydrogen) atoms. The molecule has 1 amide bonds. The number of rotatable bonds is 8. The Hall–Kier alpha value is -3.35. The minimum Gasteiger partial charge on any atom is -0.469 e. The number of amides is 1. The van der Waals surface area contributed by atoms with Crippen LogP contribution in [0.3, 0.4) is 0 Å². The summed E-state index contributed by atoms with van der Waals surface area (Å²) in [5.74, 6) is -0.234. The molecule has 0 radical (unpaired) electrons. The van der Waals surface area contributed by atoms with Crippen LogP contribution < -0.4 is 5.32 Å². The Morgan fingerprint density at radius 1 is 1.15 bits per heavy atom. The van der Waals surface area contributed by atoms with Crippen molar-refractivity contribution in [1.82, 2.24) is 14.9 Å². The van der Waals surface area contributed by atoms with Crippen LogP contribution in [0.5, 0.6) is 0 Å². The molecule has 2 heterocycles. The lowest BCUT2D eigenvalue weighted by atomic mass is 9.98. The number of alkyl carbamates (subject to hydrolysis) is 1. The molecule has 0 saturated heterocycles. The number of ether oxygens (including phenoxy) is 2. The Bertz CT molecular complexity index is 1110. The first-order valence-electron chi connectivity index (χ1n) is 11.2. The summed E-state index contributed by atoms with van der Waals surface area (Å²) in [5, 5.41) is 4.01. The third-order valence-corrected chi connectivity index (χ3v) is 5.50. The molecular weight excluding hydrogens is 418 g/mol. The van der Waals surface area contributed by atoms with Crippen molar-refractivity contribution in [3.05, 3.63) is 65.1 Å². The second-order valence-electron chi connectivity index (χ2n) is 9.07. The number of aryl methyl sites for hydroxylation is 1. The Morgan fingerprint density at radius 2 is 1.94 bits per heavy atom. The number of nitrogens with zero attached hydrogens (tertiary/aromatic N) is 2. The van der Waals surface area contributed by atoms with Gasteiger partial charge in [-0.2, -0.15) is 0 Å². The van der Waals surface area contributed by atoms with E-state index >= 15 is 0 Å². The molecule has 176 valence electrons. The van der Waals surface area contributed by atoms with Crippen LogP contribution in [-0.2, 0) is 33.7 Å². The Kier molecular flexibility index (Phi) is 7.74. The average molecular weight is 452 g/mol. The number of methoxy groups -OCH3 is 1. The second kappa shape index (κ2) is 10.5. The summed E-state index contributed by atoms with van der Waals surface area (Å²) in [6.07, 6.45) is 4.93. The first kappa shape index (κ1) is 24.3. The highest BCUT2D eigenvalue weighted by Crippen LogP contribution is 2.31. The van der Waals surface area contributed by atoms with Gasteiger partial charge >= 0.3 is 12.1 Å². The smallest absolute Gasteiger partial charge is 0.407 e. The van der Waals surface area contributed by atoms with E-state index in [-0.39, 0.29) is 5.97 Å². The van der Waals surface area contributed by atoms with E-state index < -0.39 is 11.7 Å². The van der Waals surface area contributed by atoms with Gasteiger partial charge in [0.25, 0.3) is 0 Å². The lowest BCUT2D eigenvalue weighted by Gasteiger charge is -2.19. The zero-order chi connectivity index (χ0) is 24.0. The summed E-state index contributed by atoms with van der Waals surface area (Å²) in [5.41, 5.74) is 5.12. The van der Waals surface area contributed by atoms with E-state index in [1.54, 1.807) is 6.20 Å². The molecule has 1 aromatic carbocycles. The van der Waals surface area contributed by atoms with E-state index in [4.69, 9.17) is 9.47 Å². The third-order valence-electron chi connectivity index (χ3n) is 5.50. The van der Waals surface area contributed by atoms with Crippen molar-refractivity contribution in [3.63, 3.8) is 0 Å². The molecular formula is C26H33N3O4. The highest BCUT2D eigenvalue weighted by Gasteiger charge is 2.19. The third kappa shape index (κ3) is 6.34. The van der Waals surface area contributed by atoms with Crippen LogP contribution in [0.2, 0.25) is 0 Å². The van der Waals surface area contributed by atoms with Crippen LogP contribution >= 0.6 is 0 Å². The van der Waals surface area contributed by atoms with Gasteiger partial charge in [0.15, 0.2) is 0 Å². The van der Waals surface area contributed by atoms with Gasteiger partial charge in [0.2, 0.25) is 0 Å². The lowest BCUT2D eigenvalue weighted by Crippen LogP contribution is -2.33. The molecule has 7 nitrogen and oxygen atoms in total. The monoisotopic (exact) mass is 451 g/mol. The Balaban J connectivity index is 1.93. The van der Waals surface area contributed by atoms with Crippen molar-refractivity contribution in [2.75, 3.05) is 13.7 Å². The number of pyridine rings is 1. The molecule has 0 saturated carbocycles. The van der Waals surface area contributed by atoms with Gasteiger partial charge in [-0.3, -0.25) is 9.78 Å². The predicted octanol–water partition coefficient (Wildman–Crippen LogP) is 4.57. The molecule has 1 N–H and O–H groups in total. The second-order valence-corrected chi connectivity index (χ2v) is 9.07. The first-order chi connectivity index (χ1) is 15.7. The zero-order valence-electron chi connectivity index (χ0n) is 20.1. The maximum absolute atomic E-state index is 12.1. The maximum Gasteiger partial charge on any atom is 0.407 e. The fraction of sp³-hybridized carbons (Fsp3) is 0.423. The number of benzene rings is 1. The van der Waals surface area contributed by atoms with Gasteiger partial charge in [-0.15, -0.1) is 0 Å². The number of aromatic nitrogens is 2. The van der Waals surface area contributed by atoms with E-state index in [9.17, 15) is 9.59 Å². The molecule has 0 spiro atoms. The van der Waals surface area contributed by atoms with Gasteiger partial charge in [-0.05, 0) is 62.9 Å². The quantitative estimate of drug-likeness (QED) is 0.508. The van der Waals surface area contributed by atoms with Crippen LogP contribution in [0.4, 0.5) is 4.79 Å². The van der Waals surface area contributed by atoms with E-state index in [2.05, 4.69) is 40.0 Å².